The highest BCUT2D eigenvalue weighted by Gasteiger charge is 2.37. The van der Waals surface area contributed by atoms with E-state index in [1.807, 2.05) is 45.0 Å². The number of allylic oxidation sites excluding steroid dienone is 1. The van der Waals surface area contributed by atoms with E-state index in [0.717, 1.165) is 5.56 Å². The molecule has 0 heterocycles. The number of hydrogen-bond acceptors (Lipinski definition) is 2. The third-order valence-electron chi connectivity index (χ3n) is 5.20. The smallest absolute Gasteiger partial charge is 0.207 e. The number of hydrogen-bond donors (Lipinski definition) is 1. The lowest BCUT2D eigenvalue weighted by Crippen LogP contribution is -2.51. The van der Waals surface area contributed by atoms with Crippen molar-refractivity contribution in [3.05, 3.63) is 72.8 Å². The van der Waals surface area contributed by atoms with Crippen LogP contribution in [0.1, 0.15) is 25.8 Å². The first-order valence-electron chi connectivity index (χ1n) is 9.27. The molecule has 0 aliphatic rings. The maximum absolute atomic E-state index is 12.8. The molecule has 0 radical (unpaired) electrons. The van der Waals surface area contributed by atoms with Crippen molar-refractivity contribution < 1.29 is 8.42 Å². The fourth-order valence-electron chi connectivity index (χ4n) is 3.45. The van der Waals surface area contributed by atoms with Crippen LogP contribution in [0.5, 0.6) is 0 Å². The second-order valence-electron chi connectivity index (χ2n) is 8.44. The Hall–Kier alpha value is -1.69. The molecule has 0 saturated carbocycles. The van der Waals surface area contributed by atoms with Gasteiger partial charge in [-0.15, -0.1) is 6.58 Å². The summed E-state index contributed by atoms with van der Waals surface area (Å²) in [6.45, 7) is 14.5. The topological polar surface area (TPSA) is 46.2 Å². The first kappa shape index (κ1) is 21.6. The van der Waals surface area contributed by atoms with Crippen molar-refractivity contribution in [1.82, 2.24) is 4.72 Å². The Morgan fingerprint density at radius 3 is 2.15 bits per heavy atom. The van der Waals surface area contributed by atoms with Crippen LogP contribution in [0.25, 0.3) is 0 Å². The zero-order valence-corrected chi connectivity index (χ0v) is 18.8. The SMILES string of the molecule is C=C[C@@H](CC(C)(C)NS(=O)(=O)c1ccc(C)cc1)[Si](C)(C)c1ccccc1. The normalized spacial score (nSPS) is 14.0. The molecule has 27 heavy (non-hydrogen) atoms. The summed E-state index contributed by atoms with van der Waals surface area (Å²) in [7, 11) is -5.40. The lowest BCUT2D eigenvalue weighted by Gasteiger charge is -2.37. The summed E-state index contributed by atoms with van der Waals surface area (Å²) in [4.78, 5) is 0.302. The minimum absolute atomic E-state index is 0.246. The van der Waals surface area contributed by atoms with Crippen molar-refractivity contribution in [3.8, 4) is 0 Å². The quantitative estimate of drug-likeness (QED) is 0.518. The standard InChI is InChI=1S/C22H31NO2SSi/c1-7-20(27(5,6)21-11-9-8-10-12-21)17-22(3,4)23-26(24,25)19-15-13-18(2)14-16-19/h7-16,20,23H,1,17H2,2-6H3/t20-/m0/s1. The van der Waals surface area contributed by atoms with Gasteiger partial charge >= 0.3 is 0 Å². The lowest BCUT2D eigenvalue weighted by atomic mass is 10.00. The van der Waals surface area contributed by atoms with Crippen LogP contribution in [-0.2, 0) is 10.0 Å². The predicted octanol–water partition coefficient (Wildman–Crippen LogP) is 4.61. The minimum atomic E-state index is -3.57. The summed E-state index contributed by atoms with van der Waals surface area (Å²) in [5, 5.41) is 1.35. The van der Waals surface area contributed by atoms with E-state index in [0.29, 0.717) is 11.3 Å². The molecule has 0 bridgehead atoms. The number of rotatable bonds is 8. The maximum atomic E-state index is 12.8. The molecule has 1 atom stereocenters. The molecule has 146 valence electrons. The fraction of sp³-hybridized carbons (Fsp3) is 0.364. The van der Waals surface area contributed by atoms with Crippen molar-refractivity contribution in [2.75, 3.05) is 0 Å². The first-order valence-corrected chi connectivity index (χ1v) is 13.8. The van der Waals surface area contributed by atoms with Gasteiger partial charge in [-0.2, -0.15) is 0 Å². The van der Waals surface area contributed by atoms with Crippen LogP contribution in [0.2, 0.25) is 18.6 Å². The van der Waals surface area contributed by atoms with E-state index in [2.05, 4.69) is 48.7 Å². The van der Waals surface area contributed by atoms with E-state index in [9.17, 15) is 8.42 Å². The highest BCUT2D eigenvalue weighted by molar-refractivity contribution is 7.89. The lowest BCUT2D eigenvalue weighted by molar-refractivity contribution is 0.423. The van der Waals surface area contributed by atoms with Gasteiger partial charge in [0, 0.05) is 5.54 Å². The molecule has 0 aliphatic heterocycles. The van der Waals surface area contributed by atoms with Crippen LogP contribution in [0.15, 0.2) is 72.1 Å². The van der Waals surface area contributed by atoms with Gasteiger partial charge in [-0.25, -0.2) is 13.1 Å². The van der Waals surface area contributed by atoms with Crippen molar-refractivity contribution in [3.63, 3.8) is 0 Å². The third-order valence-corrected chi connectivity index (χ3v) is 11.0. The molecule has 0 amide bonds. The monoisotopic (exact) mass is 401 g/mol. The zero-order chi connectivity index (χ0) is 20.3. The fourth-order valence-corrected chi connectivity index (χ4v) is 7.96. The summed E-state index contributed by atoms with van der Waals surface area (Å²) >= 11 is 0. The van der Waals surface area contributed by atoms with E-state index in [1.54, 1.807) is 12.1 Å². The molecular formula is C22H31NO2SSi. The van der Waals surface area contributed by atoms with Gasteiger partial charge in [0.05, 0.1) is 13.0 Å². The van der Waals surface area contributed by atoms with Crippen molar-refractivity contribution in [2.45, 2.75) is 56.3 Å². The van der Waals surface area contributed by atoms with Crippen molar-refractivity contribution in [2.24, 2.45) is 0 Å². The Labute approximate surface area is 165 Å². The molecule has 0 saturated heterocycles. The highest BCUT2D eigenvalue weighted by atomic mass is 32.2. The second kappa shape index (κ2) is 8.13. The molecule has 2 rings (SSSR count). The maximum Gasteiger partial charge on any atom is 0.241 e. The van der Waals surface area contributed by atoms with Gasteiger partial charge in [0.1, 0.15) is 0 Å². The van der Waals surface area contributed by atoms with Gasteiger partial charge in [-0.3, -0.25) is 0 Å². The molecule has 0 aliphatic carbocycles. The van der Waals surface area contributed by atoms with Crippen molar-refractivity contribution >= 4 is 23.3 Å². The Morgan fingerprint density at radius 1 is 1.07 bits per heavy atom. The molecule has 5 heteroatoms. The predicted molar refractivity (Wildman–Crippen MR) is 118 cm³/mol. The highest BCUT2D eigenvalue weighted by Crippen LogP contribution is 2.32. The van der Waals surface area contributed by atoms with E-state index >= 15 is 0 Å². The van der Waals surface area contributed by atoms with Gasteiger partial charge in [-0.1, -0.05) is 72.4 Å². The molecule has 0 unspecified atom stereocenters. The molecule has 0 fully saturated rings. The summed E-state index contributed by atoms with van der Waals surface area (Å²) < 4.78 is 28.5. The van der Waals surface area contributed by atoms with Gasteiger partial charge in [0.2, 0.25) is 10.0 Å². The first-order chi connectivity index (χ1) is 12.5. The third kappa shape index (κ3) is 5.40. The molecule has 3 nitrogen and oxygen atoms in total. The number of nitrogens with one attached hydrogen (secondary N) is 1. The number of sulfonamides is 1. The number of aryl methyl sites for hydroxylation is 1. The Balaban J connectivity index is 2.22. The molecule has 0 aromatic heterocycles. The summed E-state index contributed by atoms with van der Waals surface area (Å²) in [5.41, 5.74) is 0.702. The second-order valence-corrected chi connectivity index (χ2v) is 14.9. The van der Waals surface area contributed by atoms with Crippen LogP contribution in [0.4, 0.5) is 0 Å². The van der Waals surface area contributed by atoms with Crippen LogP contribution >= 0.6 is 0 Å². The average Bonchev–Trinajstić information content (AvgIpc) is 2.60. The summed E-state index contributed by atoms with van der Waals surface area (Å²) in [6, 6.07) is 17.4. The van der Waals surface area contributed by atoms with E-state index < -0.39 is 23.6 Å². The Bertz CT molecular complexity index is 872. The zero-order valence-electron chi connectivity index (χ0n) is 17.0. The minimum Gasteiger partial charge on any atom is -0.207 e. The largest absolute Gasteiger partial charge is 0.241 e. The average molecular weight is 402 g/mol. The summed E-state index contributed by atoms with van der Waals surface area (Å²) in [5.74, 6) is 0. The Kier molecular flexibility index (Phi) is 6.50. The van der Waals surface area contributed by atoms with Crippen LogP contribution in [0.3, 0.4) is 0 Å². The van der Waals surface area contributed by atoms with E-state index in [1.165, 1.54) is 5.19 Å². The summed E-state index contributed by atoms with van der Waals surface area (Å²) in [6.07, 6.45) is 2.71. The van der Waals surface area contributed by atoms with Gasteiger partial charge in [0.15, 0.2) is 0 Å². The van der Waals surface area contributed by atoms with E-state index in [4.69, 9.17) is 0 Å². The van der Waals surface area contributed by atoms with Gasteiger partial charge in [-0.05, 0) is 44.9 Å². The molecule has 2 aromatic rings. The van der Waals surface area contributed by atoms with Crippen LogP contribution < -0.4 is 9.91 Å². The van der Waals surface area contributed by atoms with Crippen molar-refractivity contribution in [1.29, 1.82) is 0 Å². The van der Waals surface area contributed by atoms with Crippen LogP contribution in [-0.4, -0.2) is 22.0 Å². The number of benzene rings is 2. The molecular weight excluding hydrogens is 370 g/mol. The molecule has 0 spiro atoms. The molecule has 1 N–H and O–H groups in total. The van der Waals surface area contributed by atoms with Crippen LogP contribution in [0, 0.1) is 6.92 Å². The van der Waals surface area contributed by atoms with Gasteiger partial charge in [0.25, 0.3) is 0 Å². The molecule has 2 aromatic carbocycles. The van der Waals surface area contributed by atoms with E-state index in [-0.39, 0.29) is 5.54 Å². The van der Waals surface area contributed by atoms with Gasteiger partial charge < -0.3 is 0 Å². The Morgan fingerprint density at radius 2 is 1.63 bits per heavy atom.